The first-order chi connectivity index (χ1) is 7.22. The van der Waals surface area contributed by atoms with Crippen molar-refractivity contribution in [2.75, 3.05) is 6.61 Å². The molecule has 1 aromatic rings. The van der Waals surface area contributed by atoms with E-state index in [1.54, 1.807) is 0 Å². The lowest BCUT2D eigenvalue weighted by atomic mass is 10.0. The Morgan fingerprint density at radius 2 is 2.27 bits per heavy atom. The molecule has 2 rings (SSSR count). The minimum absolute atomic E-state index is 0.129. The van der Waals surface area contributed by atoms with Gasteiger partial charge in [0.05, 0.1) is 6.61 Å². The van der Waals surface area contributed by atoms with Gasteiger partial charge in [-0.2, -0.15) is 0 Å². The lowest BCUT2D eigenvalue weighted by Crippen LogP contribution is -2.14. The van der Waals surface area contributed by atoms with Crippen molar-refractivity contribution in [1.82, 2.24) is 0 Å². The molecule has 0 radical (unpaired) electrons. The molecule has 1 aliphatic carbocycles. The maximum atomic E-state index is 6.20. The summed E-state index contributed by atoms with van der Waals surface area (Å²) in [5.41, 5.74) is 7.33. The summed E-state index contributed by atoms with van der Waals surface area (Å²) >= 11 is 3.47. The number of benzene rings is 1. The van der Waals surface area contributed by atoms with Crippen LogP contribution in [-0.2, 0) is 0 Å². The number of halogens is 1. The van der Waals surface area contributed by atoms with E-state index in [-0.39, 0.29) is 6.04 Å². The predicted molar refractivity (Wildman–Crippen MR) is 65.0 cm³/mol. The van der Waals surface area contributed by atoms with Crippen LogP contribution in [0.5, 0.6) is 5.75 Å². The second-order valence-electron chi connectivity index (χ2n) is 3.98. The summed E-state index contributed by atoms with van der Waals surface area (Å²) in [6.07, 6.45) is 2.50. The highest BCUT2D eigenvalue weighted by atomic mass is 79.9. The van der Waals surface area contributed by atoms with Crippen molar-refractivity contribution in [3.05, 3.63) is 28.2 Å². The van der Waals surface area contributed by atoms with Crippen molar-refractivity contribution in [3.63, 3.8) is 0 Å². The van der Waals surface area contributed by atoms with E-state index in [9.17, 15) is 0 Å². The fraction of sp³-hybridized carbons (Fsp3) is 0.500. The highest BCUT2D eigenvalue weighted by Crippen LogP contribution is 2.42. The molecule has 2 N–H and O–H groups in total. The Balaban J connectivity index is 2.28. The molecule has 0 saturated heterocycles. The molecule has 2 nitrogen and oxygen atoms in total. The monoisotopic (exact) mass is 269 g/mol. The average molecular weight is 270 g/mol. The van der Waals surface area contributed by atoms with Gasteiger partial charge in [-0.25, -0.2) is 0 Å². The summed E-state index contributed by atoms with van der Waals surface area (Å²) in [5.74, 6) is 1.58. The third-order valence-corrected chi connectivity index (χ3v) is 3.25. The summed E-state index contributed by atoms with van der Waals surface area (Å²) in [7, 11) is 0. The molecule has 0 aliphatic heterocycles. The molecular formula is C12H16BrNO. The molecule has 1 aliphatic rings. The van der Waals surface area contributed by atoms with Crippen LogP contribution in [0.3, 0.4) is 0 Å². The summed E-state index contributed by atoms with van der Waals surface area (Å²) in [6.45, 7) is 2.68. The molecule has 0 amide bonds. The van der Waals surface area contributed by atoms with Crippen molar-refractivity contribution in [2.24, 2.45) is 11.7 Å². The second-order valence-corrected chi connectivity index (χ2v) is 4.89. The average Bonchev–Trinajstić information content (AvgIpc) is 3.03. The van der Waals surface area contributed by atoms with E-state index < -0.39 is 0 Å². The first kappa shape index (κ1) is 11.0. The Bertz CT molecular complexity index is 349. The summed E-state index contributed by atoms with van der Waals surface area (Å²) in [6, 6.07) is 6.19. The molecule has 82 valence electrons. The standard InChI is InChI=1S/C12H16BrNO/c1-2-15-11-6-5-9(13)7-10(11)12(14)8-3-4-8/h5-8,12H,2-4,14H2,1H3/t12-/m0/s1. The van der Waals surface area contributed by atoms with Gasteiger partial charge in [0.25, 0.3) is 0 Å². The van der Waals surface area contributed by atoms with E-state index in [4.69, 9.17) is 10.5 Å². The number of hydrogen-bond acceptors (Lipinski definition) is 2. The van der Waals surface area contributed by atoms with Crippen LogP contribution in [0, 0.1) is 5.92 Å². The van der Waals surface area contributed by atoms with Crippen molar-refractivity contribution in [2.45, 2.75) is 25.8 Å². The quantitative estimate of drug-likeness (QED) is 0.911. The summed E-state index contributed by atoms with van der Waals surface area (Å²) in [4.78, 5) is 0. The largest absolute Gasteiger partial charge is 0.494 e. The highest BCUT2D eigenvalue weighted by molar-refractivity contribution is 9.10. The van der Waals surface area contributed by atoms with Crippen molar-refractivity contribution >= 4 is 15.9 Å². The van der Waals surface area contributed by atoms with Crippen LogP contribution in [0.2, 0.25) is 0 Å². The van der Waals surface area contributed by atoms with Gasteiger partial charge in [0, 0.05) is 16.1 Å². The van der Waals surface area contributed by atoms with Crippen LogP contribution in [0.1, 0.15) is 31.4 Å². The lowest BCUT2D eigenvalue weighted by molar-refractivity contribution is 0.332. The lowest BCUT2D eigenvalue weighted by Gasteiger charge is -2.16. The van der Waals surface area contributed by atoms with Gasteiger partial charge in [0.1, 0.15) is 5.75 Å². The van der Waals surface area contributed by atoms with Crippen LogP contribution in [0.15, 0.2) is 22.7 Å². The van der Waals surface area contributed by atoms with Crippen LogP contribution >= 0.6 is 15.9 Å². The first-order valence-corrected chi connectivity index (χ1v) is 6.19. The van der Waals surface area contributed by atoms with E-state index in [1.165, 1.54) is 12.8 Å². The minimum atomic E-state index is 0.129. The zero-order chi connectivity index (χ0) is 10.8. The number of nitrogens with two attached hydrogens (primary N) is 1. The van der Waals surface area contributed by atoms with Gasteiger partial charge < -0.3 is 10.5 Å². The van der Waals surface area contributed by atoms with Gasteiger partial charge >= 0.3 is 0 Å². The predicted octanol–water partition coefficient (Wildman–Crippen LogP) is 3.26. The third kappa shape index (κ3) is 2.52. The van der Waals surface area contributed by atoms with Crippen molar-refractivity contribution < 1.29 is 4.74 Å². The molecule has 0 aromatic heterocycles. The molecule has 15 heavy (non-hydrogen) atoms. The second kappa shape index (κ2) is 4.54. The normalized spacial score (nSPS) is 17.5. The van der Waals surface area contributed by atoms with Gasteiger partial charge in [0.15, 0.2) is 0 Å². The van der Waals surface area contributed by atoms with Crippen molar-refractivity contribution in [1.29, 1.82) is 0 Å². The third-order valence-electron chi connectivity index (χ3n) is 2.76. The van der Waals surface area contributed by atoms with Crippen LogP contribution < -0.4 is 10.5 Å². The zero-order valence-corrected chi connectivity index (χ0v) is 10.5. The number of rotatable bonds is 4. The molecule has 0 spiro atoms. The van der Waals surface area contributed by atoms with Gasteiger partial charge in [-0.15, -0.1) is 0 Å². The fourth-order valence-electron chi connectivity index (χ4n) is 1.78. The Morgan fingerprint density at radius 1 is 1.53 bits per heavy atom. The summed E-state index contributed by atoms with van der Waals surface area (Å²) < 4.78 is 6.66. The van der Waals surface area contributed by atoms with Gasteiger partial charge in [-0.1, -0.05) is 15.9 Å². The topological polar surface area (TPSA) is 35.2 Å². The van der Waals surface area contributed by atoms with Crippen LogP contribution in [0.25, 0.3) is 0 Å². The first-order valence-electron chi connectivity index (χ1n) is 5.40. The molecule has 0 bridgehead atoms. The zero-order valence-electron chi connectivity index (χ0n) is 8.87. The van der Waals surface area contributed by atoms with E-state index in [0.29, 0.717) is 12.5 Å². The molecule has 1 atom stereocenters. The van der Waals surface area contributed by atoms with E-state index >= 15 is 0 Å². The SMILES string of the molecule is CCOc1ccc(Br)cc1[C@@H](N)C1CC1. The van der Waals surface area contributed by atoms with Gasteiger partial charge in [-0.3, -0.25) is 0 Å². The Morgan fingerprint density at radius 3 is 2.87 bits per heavy atom. The van der Waals surface area contributed by atoms with Crippen LogP contribution in [0.4, 0.5) is 0 Å². The Labute approximate surface area is 98.9 Å². The Hall–Kier alpha value is -0.540. The van der Waals surface area contributed by atoms with E-state index in [0.717, 1.165) is 15.8 Å². The minimum Gasteiger partial charge on any atom is -0.494 e. The van der Waals surface area contributed by atoms with E-state index in [1.807, 2.05) is 19.1 Å². The van der Waals surface area contributed by atoms with Gasteiger partial charge in [-0.05, 0) is 43.9 Å². The number of hydrogen-bond donors (Lipinski definition) is 1. The fourth-order valence-corrected chi connectivity index (χ4v) is 2.15. The summed E-state index contributed by atoms with van der Waals surface area (Å²) in [5, 5.41) is 0. The molecule has 0 unspecified atom stereocenters. The molecule has 1 aromatic carbocycles. The van der Waals surface area contributed by atoms with E-state index in [2.05, 4.69) is 22.0 Å². The Kier molecular flexibility index (Phi) is 3.32. The molecule has 1 fully saturated rings. The maximum absolute atomic E-state index is 6.20. The molecule has 0 heterocycles. The maximum Gasteiger partial charge on any atom is 0.124 e. The molecule has 1 saturated carbocycles. The molecular weight excluding hydrogens is 254 g/mol. The number of ether oxygens (including phenoxy) is 1. The van der Waals surface area contributed by atoms with Gasteiger partial charge in [0.2, 0.25) is 0 Å². The van der Waals surface area contributed by atoms with Crippen molar-refractivity contribution in [3.8, 4) is 5.75 Å². The van der Waals surface area contributed by atoms with Crippen LogP contribution in [-0.4, -0.2) is 6.61 Å². The highest BCUT2D eigenvalue weighted by Gasteiger charge is 2.31. The molecule has 3 heteroatoms. The smallest absolute Gasteiger partial charge is 0.124 e.